The molecule has 1 fully saturated rings. The molecule has 1 saturated heterocycles. The summed E-state index contributed by atoms with van der Waals surface area (Å²) in [6.07, 6.45) is -0.0514. The van der Waals surface area contributed by atoms with E-state index in [-0.39, 0.29) is 30.6 Å². The van der Waals surface area contributed by atoms with Gasteiger partial charge in [0.1, 0.15) is 0 Å². The van der Waals surface area contributed by atoms with Gasteiger partial charge in [-0.1, -0.05) is 6.07 Å². The maximum absolute atomic E-state index is 11.5. The Morgan fingerprint density at radius 3 is 2.71 bits per heavy atom. The summed E-state index contributed by atoms with van der Waals surface area (Å²) in [4.78, 5) is 35.6. The molecule has 2 amide bonds. The number of nitrogens with zero attached hydrogens (tertiary/aromatic N) is 1. The van der Waals surface area contributed by atoms with Crippen molar-refractivity contribution < 1.29 is 14.4 Å². The van der Waals surface area contributed by atoms with Crippen molar-refractivity contribution >= 4 is 23.3 Å². The molecule has 1 N–H and O–H groups in total. The van der Waals surface area contributed by atoms with Crippen molar-refractivity contribution in [3.63, 3.8) is 0 Å². The van der Waals surface area contributed by atoms with Gasteiger partial charge in [-0.25, -0.2) is 0 Å². The maximum atomic E-state index is 11.5. The number of carbonyl (C=O) groups excluding carboxylic acids is 3. The Morgan fingerprint density at radius 2 is 2.12 bits per heavy atom. The second-order valence-corrected chi connectivity index (χ2v) is 3.82. The van der Waals surface area contributed by atoms with E-state index in [9.17, 15) is 14.4 Å². The highest BCUT2D eigenvalue weighted by molar-refractivity contribution is 6.15. The van der Waals surface area contributed by atoms with Gasteiger partial charge in [0, 0.05) is 18.3 Å². The first-order valence-electron chi connectivity index (χ1n) is 5.26. The van der Waals surface area contributed by atoms with Crippen LogP contribution in [0, 0.1) is 0 Å². The topological polar surface area (TPSA) is 66.5 Å². The molecular weight excluding hydrogens is 220 g/mol. The minimum Gasteiger partial charge on any atom is -0.355 e. The normalized spacial score (nSPS) is 15.2. The molecule has 1 aromatic carbocycles. The molecule has 1 aliphatic heterocycles. The highest BCUT2D eigenvalue weighted by Gasteiger charge is 2.28. The van der Waals surface area contributed by atoms with Gasteiger partial charge in [-0.2, -0.15) is 0 Å². The molecule has 0 atom stereocenters. The lowest BCUT2D eigenvalue weighted by molar-refractivity contribution is -0.121. The zero-order valence-corrected chi connectivity index (χ0v) is 9.40. The van der Waals surface area contributed by atoms with E-state index in [1.54, 1.807) is 31.3 Å². The number of benzene rings is 1. The van der Waals surface area contributed by atoms with Crippen LogP contribution in [0.4, 0.5) is 5.69 Å². The van der Waals surface area contributed by atoms with Crippen LogP contribution < -0.4 is 10.2 Å². The van der Waals surface area contributed by atoms with Crippen LogP contribution in [0.15, 0.2) is 24.3 Å². The van der Waals surface area contributed by atoms with Crippen molar-refractivity contribution in [1.29, 1.82) is 0 Å². The van der Waals surface area contributed by atoms with Gasteiger partial charge in [-0.3, -0.25) is 14.4 Å². The van der Waals surface area contributed by atoms with Gasteiger partial charge in [0.15, 0.2) is 5.78 Å². The van der Waals surface area contributed by atoms with Crippen molar-refractivity contribution in [2.45, 2.75) is 6.42 Å². The van der Waals surface area contributed by atoms with Crippen molar-refractivity contribution in [3.8, 4) is 0 Å². The molecule has 17 heavy (non-hydrogen) atoms. The molecule has 0 radical (unpaired) electrons. The molecule has 0 spiro atoms. The highest BCUT2D eigenvalue weighted by atomic mass is 16.2. The lowest BCUT2D eigenvalue weighted by Gasteiger charge is -2.15. The summed E-state index contributed by atoms with van der Waals surface area (Å²) in [5, 5.41) is 2.51. The minimum absolute atomic E-state index is 0.0514. The molecule has 0 saturated carbocycles. The third-order valence-corrected chi connectivity index (χ3v) is 2.63. The number of hydrogen-bond acceptors (Lipinski definition) is 3. The molecule has 0 bridgehead atoms. The lowest BCUT2D eigenvalue weighted by atomic mass is 10.2. The van der Waals surface area contributed by atoms with Crippen LogP contribution in [0.2, 0.25) is 0 Å². The SMILES string of the molecule is CNC(=O)c1cccc(N2CC(=O)CC2=O)c1. The van der Waals surface area contributed by atoms with Crippen molar-refractivity contribution in [1.82, 2.24) is 5.32 Å². The third kappa shape index (κ3) is 2.18. The molecule has 1 aromatic rings. The number of anilines is 1. The molecule has 1 heterocycles. The van der Waals surface area contributed by atoms with E-state index in [4.69, 9.17) is 0 Å². The van der Waals surface area contributed by atoms with Crippen LogP contribution in [0.1, 0.15) is 16.8 Å². The van der Waals surface area contributed by atoms with Gasteiger partial charge < -0.3 is 10.2 Å². The predicted octanol–water partition coefficient (Wildman–Crippen LogP) is 0.352. The summed E-state index contributed by atoms with van der Waals surface area (Å²) >= 11 is 0. The van der Waals surface area contributed by atoms with E-state index in [2.05, 4.69) is 5.32 Å². The second kappa shape index (κ2) is 4.37. The summed E-state index contributed by atoms with van der Waals surface area (Å²) in [5.41, 5.74) is 1.05. The first kappa shape index (κ1) is 11.3. The Morgan fingerprint density at radius 1 is 1.35 bits per heavy atom. The Hall–Kier alpha value is -2.17. The first-order valence-corrected chi connectivity index (χ1v) is 5.26. The fourth-order valence-corrected chi connectivity index (χ4v) is 1.78. The zero-order valence-electron chi connectivity index (χ0n) is 9.40. The molecule has 0 unspecified atom stereocenters. The number of ketones is 1. The average Bonchev–Trinajstić information content (AvgIpc) is 2.67. The second-order valence-electron chi connectivity index (χ2n) is 3.82. The standard InChI is InChI=1S/C12H12N2O3/c1-13-12(17)8-3-2-4-9(5-8)14-7-10(15)6-11(14)16/h2-5H,6-7H2,1H3,(H,13,17). The van der Waals surface area contributed by atoms with Crippen LogP contribution in [0.5, 0.6) is 0 Å². The van der Waals surface area contributed by atoms with Crippen LogP contribution in [0.25, 0.3) is 0 Å². The zero-order chi connectivity index (χ0) is 12.4. The van der Waals surface area contributed by atoms with Crippen molar-refractivity contribution in [2.75, 3.05) is 18.5 Å². The van der Waals surface area contributed by atoms with Gasteiger partial charge in [-0.05, 0) is 18.2 Å². The number of Topliss-reactive ketones (excluding diaryl/α,β-unsaturated/α-hetero) is 1. The quantitative estimate of drug-likeness (QED) is 0.748. The molecule has 2 rings (SSSR count). The van der Waals surface area contributed by atoms with Gasteiger partial charge in [-0.15, -0.1) is 0 Å². The Kier molecular flexibility index (Phi) is 2.91. The van der Waals surface area contributed by atoms with E-state index < -0.39 is 0 Å². The van der Waals surface area contributed by atoms with Crippen LogP contribution in [0.3, 0.4) is 0 Å². The number of carbonyl (C=O) groups is 3. The lowest BCUT2D eigenvalue weighted by Crippen LogP contribution is -2.25. The Labute approximate surface area is 98.4 Å². The largest absolute Gasteiger partial charge is 0.355 e. The summed E-state index contributed by atoms with van der Waals surface area (Å²) in [5.74, 6) is -0.533. The van der Waals surface area contributed by atoms with Gasteiger partial charge in [0.2, 0.25) is 5.91 Å². The van der Waals surface area contributed by atoms with Crippen LogP contribution >= 0.6 is 0 Å². The molecular formula is C12H12N2O3. The van der Waals surface area contributed by atoms with Crippen LogP contribution in [-0.2, 0) is 9.59 Å². The molecule has 0 aromatic heterocycles. The Bertz CT molecular complexity index is 496. The molecule has 0 aliphatic carbocycles. The van der Waals surface area contributed by atoms with E-state index in [1.165, 1.54) is 4.90 Å². The fraction of sp³-hybridized carbons (Fsp3) is 0.250. The third-order valence-electron chi connectivity index (χ3n) is 2.63. The molecule has 5 nitrogen and oxygen atoms in total. The van der Waals surface area contributed by atoms with E-state index in [1.807, 2.05) is 0 Å². The molecule has 88 valence electrons. The highest BCUT2D eigenvalue weighted by Crippen LogP contribution is 2.20. The minimum atomic E-state index is -0.218. The summed E-state index contributed by atoms with van der Waals surface area (Å²) in [7, 11) is 1.54. The summed E-state index contributed by atoms with van der Waals surface area (Å²) in [6.45, 7) is 0.0933. The fourth-order valence-electron chi connectivity index (χ4n) is 1.78. The Balaban J connectivity index is 2.30. The number of amides is 2. The van der Waals surface area contributed by atoms with Gasteiger partial charge in [0.05, 0.1) is 13.0 Å². The summed E-state index contributed by atoms with van der Waals surface area (Å²) in [6, 6.07) is 6.67. The monoisotopic (exact) mass is 232 g/mol. The number of rotatable bonds is 2. The van der Waals surface area contributed by atoms with E-state index in [0.29, 0.717) is 11.3 Å². The van der Waals surface area contributed by atoms with Gasteiger partial charge in [0.25, 0.3) is 5.91 Å². The van der Waals surface area contributed by atoms with Crippen molar-refractivity contribution in [3.05, 3.63) is 29.8 Å². The smallest absolute Gasteiger partial charge is 0.251 e. The van der Waals surface area contributed by atoms with Crippen LogP contribution in [-0.4, -0.2) is 31.2 Å². The summed E-state index contributed by atoms with van der Waals surface area (Å²) < 4.78 is 0. The first-order chi connectivity index (χ1) is 8.11. The molecule has 5 heteroatoms. The average molecular weight is 232 g/mol. The van der Waals surface area contributed by atoms with Gasteiger partial charge >= 0.3 is 0 Å². The number of nitrogens with one attached hydrogen (secondary N) is 1. The molecule has 1 aliphatic rings. The van der Waals surface area contributed by atoms with E-state index >= 15 is 0 Å². The maximum Gasteiger partial charge on any atom is 0.251 e. The van der Waals surface area contributed by atoms with E-state index in [0.717, 1.165) is 0 Å². The number of hydrogen-bond donors (Lipinski definition) is 1. The predicted molar refractivity (Wildman–Crippen MR) is 61.8 cm³/mol. The van der Waals surface area contributed by atoms with Crippen molar-refractivity contribution in [2.24, 2.45) is 0 Å².